The Morgan fingerprint density at radius 3 is 2.76 bits per heavy atom. The molecule has 0 saturated heterocycles. The summed E-state index contributed by atoms with van der Waals surface area (Å²) < 4.78 is 1.04. The molecule has 0 aromatic heterocycles. The van der Waals surface area contributed by atoms with Crippen molar-refractivity contribution in [1.82, 2.24) is 4.90 Å². The van der Waals surface area contributed by atoms with Crippen molar-refractivity contribution >= 4 is 27.5 Å². The van der Waals surface area contributed by atoms with Gasteiger partial charge in [-0.25, -0.2) is 0 Å². The van der Waals surface area contributed by atoms with Crippen LogP contribution in [0.3, 0.4) is 0 Å². The highest BCUT2D eigenvalue weighted by Gasteiger charge is 2.26. The summed E-state index contributed by atoms with van der Waals surface area (Å²) in [7, 11) is 2.15. The van der Waals surface area contributed by atoms with Gasteiger partial charge in [-0.05, 0) is 43.5 Å². The van der Waals surface area contributed by atoms with Crippen LogP contribution < -0.4 is 5.73 Å². The molecule has 1 saturated carbocycles. The highest BCUT2D eigenvalue weighted by Crippen LogP contribution is 2.34. The number of hydrogen-bond donors (Lipinski definition) is 1. The highest BCUT2D eigenvalue weighted by atomic mass is 79.9. The molecule has 0 spiro atoms. The number of rotatable bonds is 5. The van der Waals surface area contributed by atoms with Gasteiger partial charge in [0.25, 0.3) is 0 Å². The molecule has 17 heavy (non-hydrogen) atoms. The van der Waals surface area contributed by atoms with Gasteiger partial charge in [-0.15, -0.1) is 0 Å². The number of nitrogens with zero attached hydrogens (tertiary/aromatic N) is 1. The monoisotopic (exact) mass is 316 g/mol. The first kappa shape index (κ1) is 13.3. The van der Waals surface area contributed by atoms with Crippen molar-refractivity contribution in [2.24, 2.45) is 11.7 Å². The lowest BCUT2D eigenvalue weighted by molar-refractivity contribution is 0.240. The van der Waals surface area contributed by atoms with Gasteiger partial charge in [0.15, 0.2) is 0 Å². The van der Waals surface area contributed by atoms with Crippen LogP contribution in [0.25, 0.3) is 0 Å². The maximum atomic E-state index is 5.96. The predicted molar refractivity (Wildman–Crippen MR) is 76.3 cm³/mol. The minimum atomic E-state index is 0.266. The third-order valence-electron chi connectivity index (χ3n) is 3.32. The second-order valence-corrected chi connectivity index (χ2v) is 6.09. The van der Waals surface area contributed by atoms with Crippen LogP contribution in [0.2, 0.25) is 5.02 Å². The van der Waals surface area contributed by atoms with Gasteiger partial charge >= 0.3 is 0 Å². The number of benzene rings is 1. The molecule has 1 fully saturated rings. The van der Waals surface area contributed by atoms with E-state index in [4.69, 9.17) is 17.3 Å². The predicted octanol–water partition coefficient (Wildman–Crippen LogP) is 3.44. The van der Waals surface area contributed by atoms with Crippen LogP contribution in [0, 0.1) is 5.92 Å². The Balaban J connectivity index is 2.14. The van der Waals surface area contributed by atoms with E-state index >= 15 is 0 Å². The second-order valence-electron chi connectivity index (χ2n) is 4.80. The SMILES string of the molecule is CN(CC1CC1)C(CN)c1ccc(Cl)cc1Br. The van der Waals surface area contributed by atoms with Gasteiger partial charge in [-0.2, -0.15) is 0 Å². The average Bonchev–Trinajstić information content (AvgIpc) is 3.06. The Morgan fingerprint density at radius 1 is 1.53 bits per heavy atom. The first-order valence-electron chi connectivity index (χ1n) is 5.97. The number of hydrogen-bond acceptors (Lipinski definition) is 2. The number of nitrogens with two attached hydrogens (primary N) is 1. The fourth-order valence-corrected chi connectivity index (χ4v) is 3.10. The lowest BCUT2D eigenvalue weighted by Crippen LogP contribution is -2.32. The Labute approximate surface area is 116 Å². The van der Waals surface area contributed by atoms with Crippen molar-refractivity contribution < 1.29 is 0 Å². The molecule has 94 valence electrons. The zero-order chi connectivity index (χ0) is 12.4. The molecule has 1 unspecified atom stereocenters. The lowest BCUT2D eigenvalue weighted by Gasteiger charge is -2.28. The molecule has 0 heterocycles. The first-order valence-corrected chi connectivity index (χ1v) is 7.14. The molecule has 0 radical (unpaired) electrons. The van der Waals surface area contributed by atoms with Crippen molar-refractivity contribution in [3.05, 3.63) is 33.3 Å². The molecule has 0 bridgehead atoms. The van der Waals surface area contributed by atoms with Crippen LogP contribution in [0.15, 0.2) is 22.7 Å². The minimum Gasteiger partial charge on any atom is -0.329 e. The molecule has 2 N–H and O–H groups in total. The van der Waals surface area contributed by atoms with Gasteiger partial charge in [-0.3, -0.25) is 4.90 Å². The van der Waals surface area contributed by atoms with E-state index in [9.17, 15) is 0 Å². The Bertz CT molecular complexity index is 393. The van der Waals surface area contributed by atoms with Gasteiger partial charge in [0.2, 0.25) is 0 Å². The van der Waals surface area contributed by atoms with Gasteiger partial charge in [-0.1, -0.05) is 33.6 Å². The fourth-order valence-electron chi connectivity index (χ4n) is 2.15. The minimum absolute atomic E-state index is 0.266. The summed E-state index contributed by atoms with van der Waals surface area (Å²) in [5, 5.41) is 0.751. The molecule has 1 atom stereocenters. The zero-order valence-corrected chi connectivity index (χ0v) is 12.3. The third-order valence-corrected chi connectivity index (χ3v) is 4.24. The van der Waals surface area contributed by atoms with E-state index in [1.54, 1.807) is 0 Å². The van der Waals surface area contributed by atoms with Crippen molar-refractivity contribution in [3.8, 4) is 0 Å². The van der Waals surface area contributed by atoms with E-state index in [2.05, 4.69) is 33.9 Å². The average molecular weight is 318 g/mol. The van der Waals surface area contributed by atoms with Crippen LogP contribution in [0.4, 0.5) is 0 Å². The molecule has 2 rings (SSSR count). The summed E-state index contributed by atoms with van der Waals surface area (Å²) >= 11 is 9.54. The molecule has 1 aromatic carbocycles. The van der Waals surface area contributed by atoms with Crippen molar-refractivity contribution in [3.63, 3.8) is 0 Å². The molecule has 1 aliphatic rings. The quantitative estimate of drug-likeness (QED) is 0.901. The number of likely N-dealkylation sites (N-methyl/N-ethyl adjacent to an activating group) is 1. The van der Waals surface area contributed by atoms with Gasteiger partial charge < -0.3 is 5.73 Å². The zero-order valence-electron chi connectivity index (χ0n) is 10.00. The first-order chi connectivity index (χ1) is 8.11. The van der Waals surface area contributed by atoms with Crippen LogP contribution in [0.5, 0.6) is 0 Å². The third kappa shape index (κ3) is 3.44. The van der Waals surface area contributed by atoms with Crippen LogP contribution in [-0.2, 0) is 0 Å². The maximum Gasteiger partial charge on any atom is 0.0478 e. The molecular weight excluding hydrogens is 300 g/mol. The van der Waals surface area contributed by atoms with Crippen LogP contribution in [0.1, 0.15) is 24.4 Å². The summed E-state index contributed by atoms with van der Waals surface area (Å²) in [4.78, 5) is 2.35. The van der Waals surface area contributed by atoms with E-state index < -0.39 is 0 Å². The number of halogens is 2. The smallest absolute Gasteiger partial charge is 0.0478 e. The highest BCUT2D eigenvalue weighted by molar-refractivity contribution is 9.10. The van der Waals surface area contributed by atoms with E-state index in [0.29, 0.717) is 6.54 Å². The standard InChI is InChI=1S/C13H18BrClN2/c1-17(8-9-2-3-9)13(7-16)11-5-4-10(15)6-12(11)14/h4-6,9,13H,2-3,7-8,16H2,1H3. The maximum absolute atomic E-state index is 5.96. The molecule has 1 aliphatic carbocycles. The summed E-state index contributed by atoms with van der Waals surface area (Å²) in [6.07, 6.45) is 2.73. The van der Waals surface area contributed by atoms with E-state index in [1.807, 2.05) is 12.1 Å². The van der Waals surface area contributed by atoms with Crippen LogP contribution in [-0.4, -0.2) is 25.0 Å². The van der Waals surface area contributed by atoms with E-state index in [0.717, 1.165) is 22.0 Å². The van der Waals surface area contributed by atoms with Gasteiger partial charge in [0.1, 0.15) is 0 Å². The fraction of sp³-hybridized carbons (Fsp3) is 0.538. The summed E-state index contributed by atoms with van der Waals surface area (Å²) in [5.74, 6) is 0.875. The van der Waals surface area contributed by atoms with E-state index in [-0.39, 0.29) is 6.04 Å². The lowest BCUT2D eigenvalue weighted by atomic mass is 10.1. The molecule has 1 aromatic rings. The normalized spacial score (nSPS) is 17.5. The topological polar surface area (TPSA) is 29.3 Å². The van der Waals surface area contributed by atoms with E-state index in [1.165, 1.54) is 18.4 Å². The molecular formula is C13H18BrClN2. The second kappa shape index (κ2) is 5.70. The van der Waals surface area contributed by atoms with Crippen LogP contribution >= 0.6 is 27.5 Å². The Hall–Kier alpha value is -0.0900. The molecule has 4 heteroatoms. The van der Waals surface area contributed by atoms with Gasteiger partial charge in [0, 0.05) is 28.6 Å². The molecule has 0 aliphatic heterocycles. The summed E-state index contributed by atoms with van der Waals surface area (Å²) in [5.41, 5.74) is 7.14. The van der Waals surface area contributed by atoms with Crippen molar-refractivity contribution in [2.75, 3.05) is 20.1 Å². The Morgan fingerprint density at radius 2 is 2.24 bits per heavy atom. The summed E-state index contributed by atoms with van der Waals surface area (Å²) in [6, 6.07) is 6.19. The van der Waals surface area contributed by atoms with Crippen molar-refractivity contribution in [1.29, 1.82) is 0 Å². The molecule has 0 amide bonds. The van der Waals surface area contributed by atoms with Crippen molar-refractivity contribution in [2.45, 2.75) is 18.9 Å². The summed E-state index contributed by atoms with van der Waals surface area (Å²) in [6.45, 7) is 1.76. The molecule has 2 nitrogen and oxygen atoms in total. The largest absolute Gasteiger partial charge is 0.329 e. The van der Waals surface area contributed by atoms with Gasteiger partial charge in [0.05, 0.1) is 0 Å². The Kier molecular flexibility index (Phi) is 4.47.